The van der Waals surface area contributed by atoms with E-state index in [1.54, 1.807) is 12.1 Å². The fraction of sp³-hybridized carbons (Fsp3) is 0.455. The van der Waals surface area contributed by atoms with Crippen LogP contribution in [-0.4, -0.2) is 20.1 Å². The summed E-state index contributed by atoms with van der Waals surface area (Å²) >= 11 is 0. The van der Waals surface area contributed by atoms with Crippen molar-refractivity contribution in [1.29, 1.82) is 0 Å². The van der Waals surface area contributed by atoms with Gasteiger partial charge in [0.1, 0.15) is 5.82 Å². The molecule has 0 heterocycles. The van der Waals surface area contributed by atoms with Crippen LogP contribution >= 0.6 is 0 Å². The van der Waals surface area contributed by atoms with Crippen LogP contribution in [-0.2, 0) is 0 Å². The van der Waals surface area contributed by atoms with Crippen molar-refractivity contribution in [3.8, 4) is 0 Å². The summed E-state index contributed by atoms with van der Waals surface area (Å²) in [5, 5.41) is 0. The minimum absolute atomic E-state index is 0.191. The number of anilines is 1. The standard InChI is InChI=1S/C11H17FN2/c1-14(9-3-2-8-13)11-6-4-10(12)5-7-11/h4-7H,2-3,8-9,13H2,1H3. The Labute approximate surface area is 84.5 Å². The third-order valence-electron chi connectivity index (χ3n) is 2.22. The summed E-state index contributed by atoms with van der Waals surface area (Å²) < 4.78 is 12.6. The van der Waals surface area contributed by atoms with E-state index in [9.17, 15) is 4.39 Å². The highest BCUT2D eigenvalue weighted by molar-refractivity contribution is 5.45. The highest BCUT2D eigenvalue weighted by Crippen LogP contribution is 2.13. The van der Waals surface area contributed by atoms with Crippen molar-refractivity contribution in [2.75, 3.05) is 25.0 Å². The van der Waals surface area contributed by atoms with Crippen molar-refractivity contribution in [1.82, 2.24) is 0 Å². The highest BCUT2D eigenvalue weighted by Gasteiger charge is 1.99. The fourth-order valence-corrected chi connectivity index (χ4v) is 1.32. The van der Waals surface area contributed by atoms with Gasteiger partial charge in [0.15, 0.2) is 0 Å². The molecule has 78 valence electrons. The number of hydrogen-bond donors (Lipinski definition) is 1. The number of halogens is 1. The van der Waals surface area contributed by atoms with Gasteiger partial charge in [0.25, 0.3) is 0 Å². The fourth-order valence-electron chi connectivity index (χ4n) is 1.32. The van der Waals surface area contributed by atoms with Gasteiger partial charge in [-0.3, -0.25) is 0 Å². The Hall–Kier alpha value is -1.09. The molecule has 0 saturated heterocycles. The van der Waals surface area contributed by atoms with E-state index in [4.69, 9.17) is 5.73 Å². The lowest BCUT2D eigenvalue weighted by molar-refractivity contribution is 0.627. The smallest absolute Gasteiger partial charge is 0.123 e. The molecule has 0 aliphatic rings. The van der Waals surface area contributed by atoms with Crippen molar-refractivity contribution in [2.45, 2.75) is 12.8 Å². The van der Waals surface area contributed by atoms with Crippen molar-refractivity contribution in [3.63, 3.8) is 0 Å². The number of benzene rings is 1. The first-order chi connectivity index (χ1) is 6.74. The molecule has 0 aliphatic heterocycles. The zero-order valence-electron chi connectivity index (χ0n) is 8.54. The molecule has 0 spiro atoms. The van der Waals surface area contributed by atoms with Gasteiger partial charge < -0.3 is 10.6 Å². The molecular weight excluding hydrogens is 179 g/mol. The molecule has 0 amide bonds. The van der Waals surface area contributed by atoms with Crippen molar-refractivity contribution < 1.29 is 4.39 Å². The second-order valence-electron chi connectivity index (χ2n) is 3.39. The van der Waals surface area contributed by atoms with Gasteiger partial charge in [-0.1, -0.05) is 0 Å². The summed E-state index contributed by atoms with van der Waals surface area (Å²) in [7, 11) is 2.00. The topological polar surface area (TPSA) is 29.3 Å². The Bertz CT molecular complexity index is 258. The van der Waals surface area contributed by atoms with Crippen LogP contribution in [0.1, 0.15) is 12.8 Å². The van der Waals surface area contributed by atoms with E-state index in [0.29, 0.717) is 0 Å². The lowest BCUT2D eigenvalue weighted by Gasteiger charge is -2.18. The zero-order valence-corrected chi connectivity index (χ0v) is 8.54. The number of rotatable bonds is 5. The minimum atomic E-state index is -0.191. The number of nitrogens with two attached hydrogens (primary N) is 1. The van der Waals surface area contributed by atoms with E-state index in [0.717, 1.165) is 31.6 Å². The van der Waals surface area contributed by atoms with Gasteiger partial charge >= 0.3 is 0 Å². The summed E-state index contributed by atoms with van der Waals surface area (Å²) in [5.41, 5.74) is 6.45. The number of hydrogen-bond acceptors (Lipinski definition) is 2. The predicted molar refractivity (Wildman–Crippen MR) is 58.0 cm³/mol. The third-order valence-corrected chi connectivity index (χ3v) is 2.22. The number of nitrogens with zero attached hydrogens (tertiary/aromatic N) is 1. The molecule has 0 atom stereocenters. The highest BCUT2D eigenvalue weighted by atomic mass is 19.1. The van der Waals surface area contributed by atoms with E-state index in [1.165, 1.54) is 12.1 Å². The molecule has 2 nitrogen and oxygen atoms in total. The van der Waals surface area contributed by atoms with Gasteiger partial charge in [-0.25, -0.2) is 4.39 Å². The van der Waals surface area contributed by atoms with Crippen molar-refractivity contribution in [2.24, 2.45) is 5.73 Å². The van der Waals surface area contributed by atoms with E-state index in [-0.39, 0.29) is 5.82 Å². The van der Waals surface area contributed by atoms with Crippen LogP contribution in [0.5, 0.6) is 0 Å². The van der Waals surface area contributed by atoms with Gasteiger partial charge in [-0.05, 0) is 43.7 Å². The van der Waals surface area contributed by atoms with Crippen LogP contribution in [0.2, 0.25) is 0 Å². The van der Waals surface area contributed by atoms with Crippen LogP contribution < -0.4 is 10.6 Å². The average Bonchev–Trinajstić information content (AvgIpc) is 2.19. The SMILES string of the molecule is CN(CCCCN)c1ccc(F)cc1. The van der Waals surface area contributed by atoms with Gasteiger partial charge in [0, 0.05) is 19.3 Å². The molecule has 0 aromatic heterocycles. The molecule has 0 aliphatic carbocycles. The Morgan fingerprint density at radius 3 is 2.43 bits per heavy atom. The van der Waals surface area contributed by atoms with Crippen LogP contribution in [0.25, 0.3) is 0 Å². The Morgan fingerprint density at radius 1 is 1.21 bits per heavy atom. The molecule has 1 aromatic rings. The van der Waals surface area contributed by atoms with Crippen LogP contribution in [0.3, 0.4) is 0 Å². The van der Waals surface area contributed by atoms with Gasteiger partial charge in [-0.2, -0.15) is 0 Å². The van der Waals surface area contributed by atoms with E-state index < -0.39 is 0 Å². The summed E-state index contributed by atoms with van der Waals surface area (Å²) in [6.07, 6.45) is 2.11. The van der Waals surface area contributed by atoms with E-state index in [2.05, 4.69) is 4.90 Å². The molecule has 0 radical (unpaired) electrons. The maximum Gasteiger partial charge on any atom is 0.123 e. The van der Waals surface area contributed by atoms with Crippen LogP contribution in [0.4, 0.5) is 10.1 Å². The monoisotopic (exact) mass is 196 g/mol. The molecule has 1 rings (SSSR count). The molecule has 0 saturated carbocycles. The first kappa shape index (κ1) is 11.0. The summed E-state index contributed by atoms with van der Waals surface area (Å²) in [6, 6.07) is 6.54. The molecule has 0 unspecified atom stereocenters. The van der Waals surface area contributed by atoms with Gasteiger partial charge in [0.05, 0.1) is 0 Å². The Kier molecular flexibility index (Phi) is 4.40. The molecule has 0 bridgehead atoms. The summed E-state index contributed by atoms with van der Waals surface area (Å²) in [4.78, 5) is 2.11. The molecule has 0 fully saturated rings. The van der Waals surface area contributed by atoms with Crippen LogP contribution in [0, 0.1) is 5.82 Å². The largest absolute Gasteiger partial charge is 0.375 e. The molecule has 14 heavy (non-hydrogen) atoms. The van der Waals surface area contributed by atoms with Crippen molar-refractivity contribution >= 4 is 5.69 Å². The Balaban J connectivity index is 2.43. The first-order valence-electron chi connectivity index (χ1n) is 4.91. The van der Waals surface area contributed by atoms with Gasteiger partial charge in [-0.15, -0.1) is 0 Å². The molecule has 2 N–H and O–H groups in total. The lowest BCUT2D eigenvalue weighted by Crippen LogP contribution is -2.19. The molecule has 3 heteroatoms. The minimum Gasteiger partial charge on any atom is -0.375 e. The van der Waals surface area contributed by atoms with Crippen molar-refractivity contribution in [3.05, 3.63) is 30.1 Å². The lowest BCUT2D eigenvalue weighted by atomic mass is 10.2. The normalized spacial score (nSPS) is 10.2. The third kappa shape index (κ3) is 3.34. The maximum absolute atomic E-state index is 12.6. The second kappa shape index (κ2) is 5.60. The van der Waals surface area contributed by atoms with E-state index in [1.807, 2.05) is 7.05 Å². The summed E-state index contributed by atoms with van der Waals surface area (Å²) in [5.74, 6) is -0.191. The van der Waals surface area contributed by atoms with Crippen LogP contribution in [0.15, 0.2) is 24.3 Å². The second-order valence-corrected chi connectivity index (χ2v) is 3.39. The number of unbranched alkanes of at least 4 members (excludes halogenated alkanes) is 1. The maximum atomic E-state index is 12.6. The summed E-state index contributed by atoms with van der Waals surface area (Å²) in [6.45, 7) is 1.69. The molecular formula is C11H17FN2. The zero-order chi connectivity index (χ0) is 10.4. The quantitative estimate of drug-likeness (QED) is 0.730. The average molecular weight is 196 g/mol. The molecule has 1 aromatic carbocycles. The van der Waals surface area contributed by atoms with Gasteiger partial charge in [0.2, 0.25) is 0 Å². The van der Waals surface area contributed by atoms with E-state index >= 15 is 0 Å². The predicted octanol–water partition coefficient (Wildman–Crippen LogP) is 2.00. The first-order valence-corrected chi connectivity index (χ1v) is 4.91. The Morgan fingerprint density at radius 2 is 1.86 bits per heavy atom.